The monoisotopic (exact) mass is 206 g/mol. The number of hydrogen-bond donors (Lipinski definition) is 1. The van der Waals surface area contributed by atoms with Crippen LogP contribution in [-0.4, -0.2) is 24.4 Å². The summed E-state index contributed by atoms with van der Waals surface area (Å²) in [6.07, 6.45) is 2.74. The molecule has 2 rings (SSSR count). The SMILES string of the molecule is COC(C(O)Cc1ccccc1)C1CC1. The summed E-state index contributed by atoms with van der Waals surface area (Å²) in [6.45, 7) is 0. The first-order chi connectivity index (χ1) is 7.31. The van der Waals surface area contributed by atoms with Gasteiger partial charge in [-0.25, -0.2) is 0 Å². The summed E-state index contributed by atoms with van der Waals surface area (Å²) in [5, 5.41) is 10.0. The van der Waals surface area contributed by atoms with Crippen molar-refractivity contribution in [3.05, 3.63) is 35.9 Å². The molecular formula is C13H18O2. The summed E-state index contributed by atoms with van der Waals surface area (Å²) < 4.78 is 5.36. The van der Waals surface area contributed by atoms with Crippen molar-refractivity contribution in [2.75, 3.05) is 7.11 Å². The highest BCUT2D eigenvalue weighted by Gasteiger charge is 2.35. The van der Waals surface area contributed by atoms with E-state index >= 15 is 0 Å². The highest BCUT2D eigenvalue weighted by molar-refractivity contribution is 5.16. The molecule has 0 radical (unpaired) electrons. The molecule has 1 N–H and O–H groups in total. The maximum Gasteiger partial charge on any atom is 0.0861 e. The van der Waals surface area contributed by atoms with Gasteiger partial charge in [0.15, 0.2) is 0 Å². The molecule has 0 bridgehead atoms. The van der Waals surface area contributed by atoms with Crippen LogP contribution in [0.15, 0.2) is 30.3 Å². The van der Waals surface area contributed by atoms with E-state index < -0.39 is 0 Å². The van der Waals surface area contributed by atoms with Crippen molar-refractivity contribution in [3.63, 3.8) is 0 Å². The Morgan fingerprint density at radius 2 is 2.00 bits per heavy atom. The molecule has 1 fully saturated rings. The first kappa shape index (κ1) is 10.7. The van der Waals surface area contributed by atoms with Crippen LogP contribution >= 0.6 is 0 Å². The Labute approximate surface area is 90.9 Å². The van der Waals surface area contributed by atoms with Gasteiger partial charge in [0.25, 0.3) is 0 Å². The van der Waals surface area contributed by atoms with Crippen LogP contribution in [0.25, 0.3) is 0 Å². The number of rotatable bonds is 5. The minimum atomic E-state index is -0.370. The largest absolute Gasteiger partial charge is 0.390 e. The van der Waals surface area contributed by atoms with Crippen molar-refractivity contribution >= 4 is 0 Å². The first-order valence-electron chi connectivity index (χ1n) is 5.56. The van der Waals surface area contributed by atoms with Crippen LogP contribution in [-0.2, 0) is 11.2 Å². The van der Waals surface area contributed by atoms with Crippen LogP contribution in [0.1, 0.15) is 18.4 Å². The van der Waals surface area contributed by atoms with E-state index in [1.807, 2.05) is 30.3 Å². The lowest BCUT2D eigenvalue weighted by atomic mass is 10.0. The highest BCUT2D eigenvalue weighted by Crippen LogP contribution is 2.36. The molecule has 0 aromatic heterocycles. The van der Waals surface area contributed by atoms with Gasteiger partial charge in [-0.05, 0) is 24.3 Å². The minimum absolute atomic E-state index is 0.0187. The molecular weight excluding hydrogens is 188 g/mol. The van der Waals surface area contributed by atoms with Crippen LogP contribution in [0.3, 0.4) is 0 Å². The molecule has 1 saturated carbocycles. The highest BCUT2D eigenvalue weighted by atomic mass is 16.5. The molecule has 82 valence electrons. The lowest BCUT2D eigenvalue weighted by Gasteiger charge is -2.21. The van der Waals surface area contributed by atoms with E-state index in [0.717, 1.165) is 0 Å². The third-order valence-electron chi connectivity index (χ3n) is 3.03. The van der Waals surface area contributed by atoms with Crippen molar-refractivity contribution in [2.24, 2.45) is 5.92 Å². The molecule has 0 spiro atoms. The Balaban J connectivity index is 1.93. The molecule has 2 unspecified atom stereocenters. The van der Waals surface area contributed by atoms with Crippen molar-refractivity contribution in [1.82, 2.24) is 0 Å². The molecule has 15 heavy (non-hydrogen) atoms. The number of aliphatic hydroxyl groups is 1. The second-order valence-electron chi connectivity index (χ2n) is 4.29. The zero-order chi connectivity index (χ0) is 10.7. The zero-order valence-corrected chi connectivity index (χ0v) is 9.10. The normalized spacial score (nSPS) is 19.9. The van der Waals surface area contributed by atoms with Gasteiger partial charge in [0.2, 0.25) is 0 Å². The second kappa shape index (κ2) is 4.77. The smallest absolute Gasteiger partial charge is 0.0861 e. The van der Waals surface area contributed by atoms with Crippen molar-refractivity contribution in [1.29, 1.82) is 0 Å². The van der Waals surface area contributed by atoms with Crippen LogP contribution in [0.2, 0.25) is 0 Å². The van der Waals surface area contributed by atoms with Crippen molar-refractivity contribution < 1.29 is 9.84 Å². The average Bonchev–Trinajstić information content (AvgIpc) is 3.04. The molecule has 1 aromatic carbocycles. The van der Waals surface area contributed by atoms with E-state index in [4.69, 9.17) is 4.74 Å². The van der Waals surface area contributed by atoms with Gasteiger partial charge in [-0.2, -0.15) is 0 Å². The molecule has 0 amide bonds. The lowest BCUT2D eigenvalue weighted by Crippen LogP contribution is -2.31. The van der Waals surface area contributed by atoms with Gasteiger partial charge in [-0.1, -0.05) is 30.3 Å². The van der Waals surface area contributed by atoms with Gasteiger partial charge in [-0.15, -0.1) is 0 Å². The molecule has 0 aliphatic heterocycles. The fourth-order valence-corrected chi connectivity index (χ4v) is 2.06. The summed E-state index contributed by atoms with van der Waals surface area (Å²) in [7, 11) is 1.69. The number of benzene rings is 1. The molecule has 2 atom stereocenters. The standard InChI is InChI=1S/C13H18O2/c1-15-13(11-7-8-11)12(14)9-10-5-3-2-4-6-10/h2-6,11-14H,7-9H2,1H3. The number of hydrogen-bond acceptors (Lipinski definition) is 2. The predicted molar refractivity (Wildman–Crippen MR) is 59.7 cm³/mol. The Hall–Kier alpha value is -0.860. The lowest BCUT2D eigenvalue weighted by molar-refractivity contribution is -0.0237. The Morgan fingerprint density at radius 1 is 1.33 bits per heavy atom. The van der Waals surface area contributed by atoms with Gasteiger partial charge in [0.05, 0.1) is 12.2 Å². The molecule has 0 heterocycles. The van der Waals surface area contributed by atoms with E-state index in [0.29, 0.717) is 12.3 Å². The van der Waals surface area contributed by atoms with Crippen molar-refractivity contribution in [2.45, 2.75) is 31.5 Å². The van der Waals surface area contributed by atoms with E-state index in [9.17, 15) is 5.11 Å². The van der Waals surface area contributed by atoms with E-state index in [1.165, 1.54) is 18.4 Å². The molecule has 1 aliphatic rings. The number of methoxy groups -OCH3 is 1. The Bertz CT molecular complexity index is 293. The van der Waals surface area contributed by atoms with Crippen LogP contribution in [0, 0.1) is 5.92 Å². The molecule has 2 nitrogen and oxygen atoms in total. The molecule has 1 aromatic rings. The van der Waals surface area contributed by atoms with E-state index in [1.54, 1.807) is 7.11 Å². The van der Waals surface area contributed by atoms with Crippen molar-refractivity contribution in [3.8, 4) is 0 Å². The number of ether oxygens (including phenoxy) is 1. The zero-order valence-electron chi connectivity index (χ0n) is 9.10. The summed E-state index contributed by atoms with van der Waals surface area (Å²) >= 11 is 0. The van der Waals surface area contributed by atoms with Gasteiger partial charge in [-0.3, -0.25) is 0 Å². The van der Waals surface area contributed by atoms with Gasteiger partial charge in [0.1, 0.15) is 0 Å². The topological polar surface area (TPSA) is 29.5 Å². The summed E-state index contributed by atoms with van der Waals surface area (Å²) in [5.41, 5.74) is 1.17. The van der Waals surface area contributed by atoms with Crippen LogP contribution in [0.4, 0.5) is 0 Å². The Kier molecular flexibility index (Phi) is 3.39. The minimum Gasteiger partial charge on any atom is -0.390 e. The maximum absolute atomic E-state index is 10.0. The predicted octanol–water partition coefficient (Wildman–Crippen LogP) is 2.02. The van der Waals surface area contributed by atoms with Crippen LogP contribution < -0.4 is 0 Å². The van der Waals surface area contributed by atoms with E-state index in [2.05, 4.69) is 0 Å². The molecule has 0 saturated heterocycles. The summed E-state index contributed by atoms with van der Waals surface area (Å²) in [5.74, 6) is 0.578. The first-order valence-corrected chi connectivity index (χ1v) is 5.56. The Morgan fingerprint density at radius 3 is 2.53 bits per heavy atom. The number of aliphatic hydroxyl groups excluding tert-OH is 1. The van der Waals surface area contributed by atoms with Crippen LogP contribution in [0.5, 0.6) is 0 Å². The third-order valence-corrected chi connectivity index (χ3v) is 3.03. The quantitative estimate of drug-likeness (QED) is 0.798. The fraction of sp³-hybridized carbons (Fsp3) is 0.538. The molecule has 1 aliphatic carbocycles. The second-order valence-corrected chi connectivity index (χ2v) is 4.29. The maximum atomic E-state index is 10.0. The van der Waals surface area contributed by atoms with Gasteiger partial charge in [0, 0.05) is 13.5 Å². The summed E-state index contributed by atoms with van der Waals surface area (Å²) in [4.78, 5) is 0. The average molecular weight is 206 g/mol. The fourth-order valence-electron chi connectivity index (χ4n) is 2.06. The third kappa shape index (κ3) is 2.80. The van der Waals surface area contributed by atoms with Gasteiger partial charge >= 0.3 is 0 Å². The molecule has 2 heteroatoms. The van der Waals surface area contributed by atoms with Gasteiger partial charge < -0.3 is 9.84 Å². The summed E-state index contributed by atoms with van der Waals surface area (Å²) in [6, 6.07) is 10.1. The van der Waals surface area contributed by atoms with E-state index in [-0.39, 0.29) is 12.2 Å².